The summed E-state index contributed by atoms with van der Waals surface area (Å²) in [6.45, 7) is 1.83. The summed E-state index contributed by atoms with van der Waals surface area (Å²) in [5.41, 5.74) is 10.2. The van der Waals surface area contributed by atoms with Crippen LogP contribution in [0.3, 0.4) is 0 Å². The molecule has 2 atom stereocenters. The Labute approximate surface area is 204 Å². The lowest BCUT2D eigenvalue weighted by Gasteiger charge is -2.23. The number of benzene rings is 1. The zero-order valence-corrected chi connectivity index (χ0v) is 19.9. The maximum Gasteiger partial charge on any atom is 0.227 e. The molecule has 0 bridgehead atoms. The van der Waals surface area contributed by atoms with Gasteiger partial charge in [-0.25, -0.2) is 9.97 Å². The van der Waals surface area contributed by atoms with Crippen molar-refractivity contribution in [1.82, 2.24) is 20.2 Å². The first-order chi connectivity index (χ1) is 17.1. The van der Waals surface area contributed by atoms with E-state index in [2.05, 4.69) is 45.8 Å². The zero-order chi connectivity index (χ0) is 24.4. The van der Waals surface area contributed by atoms with Crippen LogP contribution in [0.25, 0.3) is 5.57 Å². The van der Waals surface area contributed by atoms with E-state index in [0.29, 0.717) is 47.0 Å². The Morgan fingerprint density at radius 3 is 3.03 bits per heavy atom. The molecule has 0 amide bonds. The summed E-state index contributed by atoms with van der Waals surface area (Å²) < 4.78 is 11.5. The van der Waals surface area contributed by atoms with Crippen molar-refractivity contribution in [3.63, 3.8) is 0 Å². The third kappa shape index (κ3) is 4.66. The Morgan fingerprint density at radius 2 is 2.26 bits per heavy atom. The molecule has 1 saturated heterocycles. The largest absolute Gasteiger partial charge is 0.495 e. The third-order valence-electron chi connectivity index (χ3n) is 6.76. The molecule has 0 radical (unpaired) electrons. The van der Waals surface area contributed by atoms with Gasteiger partial charge in [0, 0.05) is 35.1 Å². The number of nitrogens with one attached hydrogen (secondary N) is 2. The minimum absolute atomic E-state index is 0.0771. The monoisotopic (exact) mass is 471 g/mol. The van der Waals surface area contributed by atoms with Crippen LogP contribution in [0.5, 0.6) is 5.75 Å². The van der Waals surface area contributed by atoms with Gasteiger partial charge in [0.1, 0.15) is 24.2 Å². The van der Waals surface area contributed by atoms with Crippen LogP contribution in [-0.4, -0.2) is 48.2 Å². The van der Waals surface area contributed by atoms with Crippen LogP contribution in [0.4, 0.5) is 17.3 Å². The normalized spacial score (nSPS) is 21.2. The number of ether oxygens (including phenoxy) is 2. The van der Waals surface area contributed by atoms with Gasteiger partial charge in [-0.05, 0) is 63.2 Å². The Morgan fingerprint density at radius 1 is 1.37 bits per heavy atom. The fourth-order valence-electron chi connectivity index (χ4n) is 4.78. The zero-order valence-electron chi connectivity index (χ0n) is 19.9. The van der Waals surface area contributed by atoms with Crippen LogP contribution in [0.2, 0.25) is 0 Å². The number of likely N-dealkylation sites (tertiary alicyclic amines) is 1. The van der Waals surface area contributed by atoms with Crippen LogP contribution in [0, 0.1) is 17.2 Å². The van der Waals surface area contributed by atoms with Crippen molar-refractivity contribution in [3.05, 3.63) is 65.5 Å². The maximum absolute atomic E-state index is 9.73. The third-order valence-corrected chi connectivity index (χ3v) is 6.76. The number of hydrogen-bond donors (Lipinski definition) is 3. The molecule has 1 fully saturated rings. The number of nitrogens with zero attached hydrogens (tertiary/aromatic N) is 4. The van der Waals surface area contributed by atoms with Crippen molar-refractivity contribution in [2.24, 2.45) is 5.92 Å². The standard InChI is InChI=1S/C26H29N7O2/c1-33-9-3-4-18(33)15-35-19-6-7-20-21(14-29-22(20)11-19)25-16(12-27)13-30-26(32-25)31-23-10-17(28)5-8-24(23)34-2/h5-6,8,10-11,13-14,18,20,29H,3-4,7,9,15,28H2,1-2H3,(H,30,31,32). The van der Waals surface area contributed by atoms with E-state index in [1.807, 2.05) is 6.20 Å². The number of nitrogens with two attached hydrogens (primary N) is 1. The van der Waals surface area contributed by atoms with Crippen molar-refractivity contribution in [3.8, 4) is 11.8 Å². The molecule has 1 aromatic heterocycles. The van der Waals surface area contributed by atoms with E-state index < -0.39 is 0 Å². The summed E-state index contributed by atoms with van der Waals surface area (Å²) in [4.78, 5) is 11.4. The van der Waals surface area contributed by atoms with Crippen molar-refractivity contribution in [1.29, 1.82) is 5.26 Å². The second-order valence-corrected chi connectivity index (χ2v) is 8.98. The summed E-state index contributed by atoms with van der Waals surface area (Å²) in [5, 5.41) is 16.3. The van der Waals surface area contributed by atoms with E-state index in [1.54, 1.807) is 25.3 Å². The van der Waals surface area contributed by atoms with Crippen LogP contribution in [0.15, 0.2) is 54.2 Å². The molecule has 0 spiro atoms. The van der Waals surface area contributed by atoms with E-state index >= 15 is 0 Å². The summed E-state index contributed by atoms with van der Waals surface area (Å²) in [7, 11) is 3.74. The lowest BCUT2D eigenvalue weighted by molar-refractivity contribution is 0.144. The highest BCUT2D eigenvalue weighted by Crippen LogP contribution is 2.39. The number of allylic oxidation sites excluding steroid dienone is 3. The number of aromatic nitrogens is 2. The first-order valence-corrected chi connectivity index (χ1v) is 11.7. The minimum atomic E-state index is 0.0771. The van der Waals surface area contributed by atoms with E-state index in [4.69, 9.17) is 20.2 Å². The fraction of sp³-hybridized carbons (Fsp3) is 0.346. The van der Waals surface area contributed by atoms with Gasteiger partial charge in [-0.1, -0.05) is 0 Å². The fourth-order valence-corrected chi connectivity index (χ4v) is 4.78. The van der Waals surface area contributed by atoms with E-state index in [9.17, 15) is 5.26 Å². The van der Waals surface area contributed by atoms with Gasteiger partial charge in [0.25, 0.3) is 0 Å². The number of fused-ring (bicyclic) bond motifs is 1. The van der Waals surface area contributed by atoms with E-state index in [1.165, 1.54) is 19.0 Å². The second-order valence-electron chi connectivity index (χ2n) is 8.98. The lowest BCUT2D eigenvalue weighted by atomic mass is 9.88. The van der Waals surface area contributed by atoms with Crippen LogP contribution in [-0.2, 0) is 4.74 Å². The highest BCUT2D eigenvalue weighted by atomic mass is 16.5. The number of likely N-dealkylation sites (N-methyl/N-ethyl adjacent to an activating group) is 1. The quantitative estimate of drug-likeness (QED) is 0.521. The molecule has 1 aliphatic carbocycles. The average Bonchev–Trinajstić information content (AvgIpc) is 3.48. The van der Waals surface area contributed by atoms with Gasteiger partial charge in [-0.15, -0.1) is 0 Å². The summed E-state index contributed by atoms with van der Waals surface area (Å²) >= 11 is 0. The maximum atomic E-state index is 9.73. The first-order valence-electron chi connectivity index (χ1n) is 11.7. The molecule has 2 aromatic rings. The van der Waals surface area contributed by atoms with Crippen LogP contribution in [0.1, 0.15) is 30.5 Å². The van der Waals surface area contributed by atoms with Gasteiger partial charge < -0.3 is 30.7 Å². The van der Waals surface area contributed by atoms with Gasteiger partial charge in [-0.2, -0.15) is 5.26 Å². The smallest absolute Gasteiger partial charge is 0.227 e. The summed E-state index contributed by atoms with van der Waals surface area (Å²) in [5.74, 6) is 1.94. The number of hydrogen-bond acceptors (Lipinski definition) is 9. The van der Waals surface area contributed by atoms with E-state index in [-0.39, 0.29) is 5.92 Å². The molecule has 5 rings (SSSR count). The highest BCUT2D eigenvalue weighted by molar-refractivity contribution is 5.76. The van der Waals surface area contributed by atoms with Crippen molar-refractivity contribution in [2.45, 2.75) is 25.3 Å². The molecule has 2 unspecified atom stereocenters. The molecule has 1 aromatic carbocycles. The molecule has 2 aliphatic heterocycles. The Balaban J connectivity index is 1.33. The van der Waals surface area contributed by atoms with Gasteiger partial charge >= 0.3 is 0 Å². The lowest BCUT2D eigenvalue weighted by Crippen LogP contribution is -2.29. The molecule has 35 heavy (non-hydrogen) atoms. The molecular formula is C26H29N7O2. The average molecular weight is 472 g/mol. The number of methoxy groups -OCH3 is 1. The van der Waals surface area contributed by atoms with Crippen molar-refractivity contribution in [2.75, 3.05) is 38.4 Å². The molecule has 3 heterocycles. The van der Waals surface area contributed by atoms with Crippen LogP contribution < -0.4 is 21.1 Å². The van der Waals surface area contributed by atoms with Gasteiger partial charge in [0.05, 0.1) is 30.3 Å². The predicted octanol–water partition coefficient (Wildman–Crippen LogP) is 3.53. The van der Waals surface area contributed by atoms with Crippen molar-refractivity contribution < 1.29 is 9.47 Å². The molecule has 4 N–H and O–H groups in total. The number of rotatable bonds is 7. The predicted molar refractivity (Wildman–Crippen MR) is 134 cm³/mol. The molecule has 9 nitrogen and oxygen atoms in total. The second kappa shape index (κ2) is 9.68. The summed E-state index contributed by atoms with van der Waals surface area (Å²) in [6.07, 6.45) is 10.8. The van der Waals surface area contributed by atoms with Crippen LogP contribution >= 0.6 is 0 Å². The van der Waals surface area contributed by atoms with Gasteiger partial charge in [0.2, 0.25) is 5.95 Å². The molecule has 0 saturated carbocycles. The highest BCUT2D eigenvalue weighted by Gasteiger charge is 2.31. The minimum Gasteiger partial charge on any atom is -0.495 e. The van der Waals surface area contributed by atoms with Gasteiger partial charge in [-0.3, -0.25) is 0 Å². The van der Waals surface area contributed by atoms with E-state index in [0.717, 1.165) is 30.0 Å². The topological polar surface area (TPSA) is 121 Å². The Hall–Kier alpha value is -4.03. The SMILES string of the molecule is COc1ccc(N)cc1Nc1ncc(C#N)c(C2=CNC3=CC(OCC4CCCN4C)=CCC32)n1. The molecular weight excluding hydrogens is 442 g/mol. The molecule has 180 valence electrons. The number of anilines is 3. The Bertz CT molecular complexity index is 1260. The van der Waals surface area contributed by atoms with Crippen molar-refractivity contribution >= 4 is 22.9 Å². The number of nitriles is 1. The first kappa shape index (κ1) is 22.7. The molecule has 3 aliphatic rings. The summed E-state index contributed by atoms with van der Waals surface area (Å²) in [6, 6.07) is 8.00. The Kier molecular flexibility index (Phi) is 6.29. The van der Waals surface area contributed by atoms with Gasteiger partial charge in [0.15, 0.2) is 0 Å². The molecule has 9 heteroatoms. The number of nitrogen functional groups attached to an aromatic ring is 1.